The van der Waals surface area contributed by atoms with Gasteiger partial charge in [0.2, 0.25) is 11.7 Å². The van der Waals surface area contributed by atoms with Gasteiger partial charge in [0.25, 0.3) is 0 Å². The molecule has 0 amide bonds. The second-order valence-electron chi connectivity index (χ2n) is 5.82. The standard InChI is InChI=1S/C18H16N6OS/c1-24(11-13-8-20-18(21-9-13)15-5-3-7-26-15)12-16-22-17(23-25-16)14-4-2-6-19-10-14/h2-10H,11-12H2,1H3. The van der Waals surface area contributed by atoms with Crippen LogP contribution in [0.4, 0.5) is 0 Å². The number of hydrogen-bond acceptors (Lipinski definition) is 8. The Kier molecular flexibility index (Phi) is 4.76. The Balaban J connectivity index is 1.38. The van der Waals surface area contributed by atoms with E-state index in [9.17, 15) is 0 Å². The molecule has 4 rings (SSSR count). The molecular formula is C18H16N6OS. The fraction of sp³-hybridized carbons (Fsp3) is 0.167. The monoisotopic (exact) mass is 364 g/mol. The van der Waals surface area contributed by atoms with Gasteiger partial charge in [0.1, 0.15) is 0 Å². The molecule has 4 aromatic rings. The van der Waals surface area contributed by atoms with Gasteiger partial charge in [0, 0.05) is 42.5 Å². The van der Waals surface area contributed by atoms with Crippen molar-refractivity contribution >= 4 is 11.3 Å². The largest absolute Gasteiger partial charge is 0.338 e. The van der Waals surface area contributed by atoms with Crippen LogP contribution in [0.3, 0.4) is 0 Å². The molecule has 0 saturated heterocycles. The molecule has 0 fully saturated rings. The number of nitrogens with zero attached hydrogens (tertiary/aromatic N) is 6. The van der Waals surface area contributed by atoms with E-state index in [-0.39, 0.29) is 0 Å². The summed E-state index contributed by atoms with van der Waals surface area (Å²) < 4.78 is 5.34. The van der Waals surface area contributed by atoms with Gasteiger partial charge in [0.15, 0.2) is 5.82 Å². The molecule has 0 N–H and O–H groups in total. The highest BCUT2D eigenvalue weighted by Crippen LogP contribution is 2.20. The average Bonchev–Trinajstić information content (AvgIpc) is 3.35. The summed E-state index contributed by atoms with van der Waals surface area (Å²) in [5.41, 5.74) is 1.86. The predicted octanol–water partition coefficient (Wildman–Crippen LogP) is 3.28. The summed E-state index contributed by atoms with van der Waals surface area (Å²) in [6.45, 7) is 1.23. The molecule has 0 spiro atoms. The molecule has 0 radical (unpaired) electrons. The van der Waals surface area contributed by atoms with Crippen molar-refractivity contribution in [2.45, 2.75) is 13.1 Å². The maximum absolute atomic E-state index is 5.34. The zero-order valence-electron chi connectivity index (χ0n) is 14.1. The first-order valence-corrected chi connectivity index (χ1v) is 8.92. The summed E-state index contributed by atoms with van der Waals surface area (Å²) >= 11 is 1.63. The van der Waals surface area contributed by atoms with Crippen LogP contribution >= 0.6 is 11.3 Å². The number of aromatic nitrogens is 5. The molecule has 0 aliphatic carbocycles. The van der Waals surface area contributed by atoms with E-state index in [1.54, 1.807) is 23.7 Å². The van der Waals surface area contributed by atoms with Gasteiger partial charge in [0.05, 0.1) is 11.4 Å². The molecule has 0 saturated carbocycles. The Morgan fingerprint density at radius 2 is 1.92 bits per heavy atom. The first kappa shape index (κ1) is 16.5. The van der Waals surface area contributed by atoms with E-state index in [2.05, 4.69) is 30.0 Å². The van der Waals surface area contributed by atoms with Crippen molar-refractivity contribution in [3.63, 3.8) is 0 Å². The summed E-state index contributed by atoms with van der Waals surface area (Å²) in [4.78, 5) is 20.5. The lowest BCUT2D eigenvalue weighted by molar-refractivity contribution is 0.260. The minimum absolute atomic E-state index is 0.542. The van der Waals surface area contributed by atoms with E-state index in [1.165, 1.54) is 0 Å². The van der Waals surface area contributed by atoms with Crippen LogP contribution in [-0.2, 0) is 13.1 Å². The molecule has 4 heterocycles. The lowest BCUT2D eigenvalue weighted by Gasteiger charge is -2.13. The molecule has 0 aliphatic rings. The fourth-order valence-corrected chi connectivity index (χ4v) is 3.17. The van der Waals surface area contributed by atoms with Gasteiger partial charge >= 0.3 is 0 Å². The number of hydrogen-bond donors (Lipinski definition) is 0. The van der Waals surface area contributed by atoms with Crippen molar-refractivity contribution in [1.82, 2.24) is 30.0 Å². The smallest absolute Gasteiger partial charge is 0.241 e. The van der Waals surface area contributed by atoms with Gasteiger partial charge in [-0.3, -0.25) is 9.88 Å². The van der Waals surface area contributed by atoms with Crippen molar-refractivity contribution in [2.24, 2.45) is 0 Å². The summed E-state index contributed by atoms with van der Waals surface area (Å²) in [6, 6.07) is 7.76. The minimum atomic E-state index is 0.542. The topological polar surface area (TPSA) is 80.8 Å². The second kappa shape index (κ2) is 7.51. The van der Waals surface area contributed by atoms with E-state index < -0.39 is 0 Å². The first-order chi connectivity index (χ1) is 12.8. The maximum atomic E-state index is 5.34. The van der Waals surface area contributed by atoms with Gasteiger partial charge in [-0.15, -0.1) is 11.3 Å². The highest BCUT2D eigenvalue weighted by molar-refractivity contribution is 7.13. The molecule has 26 heavy (non-hydrogen) atoms. The van der Waals surface area contributed by atoms with Crippen molar-refractivity contribution in [1.29, 1.82) is 0 Å². The van der Waals surface area contributed by atoms with Crippen molar-refractivity contribution in [2.75, 3.05) is 7.05 Å². The lowest BCUT2D eigenvalue weighted by Crippen LogP contribution is -2.17. The van der Waals surface area contributed by atoms with Gasteiger partial charge < -0.3 is 4.52 Å². The molecule has 0 aromatic carbocycles. The van der Waals surface area contributed by atoms with Crippen LogP contribution in [0.25, 0.3) is 22.1 Å². The summed E-state index contributed by atoms with van der Waals surface area (Å²) in [5.74, 6) is 1.86. The Bertz CT molecular complexity index is 953. The van der Waals surface area contributed by atoms with E-state index in [0.717, 1.165) is 21.8 Å². The van der Waals surface area contributed by atoms with Crippen LogP contribution in [0.2, 0.25) is 0 Å². The van der Waals surface area contributed by atoms with Crippen molar-refractivity contribution < 1.29 is 4.52 Å². The van der Waals surface area contributed by atoms with Crippen LogP contribution < -0.4 is 0 Å². The fourth-order valence-electron chi connectivity index (χ4n) is 2.50. The van der Waals surface area contributed by atoms with E-state index in [4.69, 9.17) is 4.52 Å². The molecule has 0 bridgehead atoms. The third-order valence-electron chi connectivity index (χ3n) is 3.69. The third kappa shape index (κ3) is 3.81. The molecule has 0 atom stereocenters. The normalized spacial score (nSPS) is 11.2. The average molecular weight is 364 g/mol. The second-order valence-corrected chi connectivity index (χ2v) is 6.77. The van der Waals surface area contributed by atoms with Crippen LogP contribution in [-0.4, -0.2) is 37.0 Å². The van der Waals surface area contributed by atoms with Gasteiger partial charge in [-0.25, -0.2) is 9.97 Å². The van der Waals surface area contributed by atoms with Crippen molar-refractivity contribution in [3.05, 3.63) is 65.9 Å². The van der Waals surface area contributed by atoms with Gasteiger partial charge in [-0.2, -0.15) is 4.98 Å². The molecule has 7 nitrogen and oxygen atoms in total. The molecule has 0 unspecified atom stereocenters. The molecule has 8 heteroatoms. The van der Waals surface area contributed by atoms with Crippen molar-refractivity contribution in [3.8, 4) is 22.1 Å². The summed E-state index contributed by atoms with van der Waals surface area (Å²) in [7, 11) is 1.99. The van der Waals surface area contributed by atoms with E-state index >= 15 is 0 Å². The van der Waals surface area contributed by atoms with Crippen LogP contribution in [0.1, 0.15) is 11.5 Å². The lowest BCUT2D eigenvalue weighted by atomic mass is 10.3. The number of pyridine rings is 1. The zero-order chi connectivity index (χ0) is 17.8. The number of rotatable bonds is 6. The van der Waals surface area contributed by atoms with Crippen LogP contribution in [0.5, 0.6) is 0 Å². The Morgan fingerprint density at radius 3 is 2.65 bits per heavy atom. The highest BCUT2D eigenvalue weighted by Gasteiger charge is 2.11. The van der Waals surface area contributed by atoms with E-state index in [0.29, 0.717) is 24.8 Å². The molecule has 0 aliphatic heterocycles. The first-order valence-electron chi connectivity index (χ1n) is 8.04. The predicted molar refractivity (Wildman–Crippen MR) is 98.0 cm³/mol. The molecular weight excluding hydrogens is 348 g/mol. The van der Waals surface area contributed by atoms with Gasteiger partial charge in [-0.05, 0) is 30.6 Å². The molecule has 4 aromatic heterocycles. The Hall–Kier alpha value is -2.97. The third-order valence-corrected chi connectivity index (χ3v) is 4.56. The Labute approximate surface area is 154 Å². The number of thiophene rings is 1. The Morgan fingerprint density at radius 1 is 1.04 bits per heavy atom. The molecule has 130 valence electrons. The minimum Gasteiger partial charge on any atom is -0.338 e. The quantitative estimate of drug-likeness (QED) is 0.519. The summed E-state index contributed by atoms with van der Waals surface area (Å²) in [5, 5.41) is 6.03. The maximum Gasteiger partial charge on any atom is 0.241 e. The summed E-state index contributed by atoms with van der Waals surface area (Å²) in [6.07, 6.45) is 7.13. The SMILES string of the molecule is CN(Cc1cnc(-c2cccs2)nc1)Cc1nc(-c2cccnc2)no1. The zero-order valence-corrected chi connectivity index (χ0v) is 14.9. The van der Waals surface area contributed by atoms with Crippen LogP contribution in [0.15, 0.2) is 59.0 Å². The van der Waals surface area contributed by atoms with Crippen LogP contribution in [0, 0.1) is 0 Å². The highest BCUT2D eigenvalue weighted by atomic mass is 32.1. The van der Waals surface area contributed by atoms with E-state index in [1.807, 2.05) is 49.1 Å². The van der Waals surface area contributed by atoms with Gasteiger partial charge in [-0.1, -0.05) is 11.2 Å².